The van der Waals surface area contributed by atoms with Crippen molar-refractivity contribution in [3.63, 3.8) is 0 Å². The van der Waals surface area contributed by atoms with Crippen LogP contribution in [-0.4, -0.2) is 55.1 Å². The molecule has 5 heteroatoms. The van der Waals surface area contributed by atoms with E-state index in [0.29, 0.717) is 18.9 Å². The summed E-state index contributed by atoms with van der Waals surface area (Å²) in [6.45, 7) is 5.38. The van der Waals surface area contributed by atoms with Crippen LogP contribution in [0.2, 0.25) is 0 Å². The SMILES string of the molecule is O=C(C[C@@H]1CCOC1)N1CCCN(Cc2ccccc2F)CC1. The van der Waals surface area contributed by atoms with E-state index in [4.69, 9.17) is 4.74 Å². The molecule has 1 aromatic rings. The van der Waals surface area contributed by atoms with E-state index in [1.807, 2.05) is 17.0 Å². The van der Waals surface area contributed by atoms with E-state index >= 15 is 0 Å². The fraction of sp³-hybridized carbons (Fsp3) is 0.611. The lowest BCUT2D eigenvalue weighted by molar-refractivity contribution is -0.132. The maximum atomic E-state index is 13.8. The molecule has 0 N–H and O–H groups in total. The largest absolute Gasteiger partial charge is 0.381 e. The van der Waals surface area contributed by atoms with Crippen molar-refractivity contribution in [2.45, 2.75) is 25.8 Å². The smallest absolute Gasteiger partial charge is 0.222 e. The highest BCUT2D eigenvalue weighted by Gasteiger charge is 2.24. The number of carbonyl (C=O) groups is 1. The van der Waals surface area contributed by atoms with Gasteiger partial charge in [-0.2, -0.15) is 0 Å². The number of carbonyl (C=O) groups excluding carboxylic acids is 1. The molecule has 0 aliphatic carbocycles. The molecule has 2 heterocycles. The molecule has 126 valence electrons. The monoisotopic (exact) mass is 320 g/mol. The summed E-state index contributed by atoms with van der Waals surface area (Å²) < 4.78 is 19.1. The van der Waals surface area contributed by atoms with Gasteiger partial charge in [-0.1, -0.05) is 18.2 Å². The highest BCUT2D eigenvalue weighted by atomic mass is 19.1. The van der Waals surface area contributed by atoms with E-state index in [1.54, 1.807) is 6.07 Å². The molecule has 23 heavy (non-hydrogen) atoms. The zero-order valence-corrected chi connectivity index (χ0v) is 13.5. The van der Waals surface area contributed by atoms with Crippen LogP contribution < -0.4 is 0 Å². The predicted molar refractivity (Wildman–Crippen MR) is 86.4 cm³/mol. The van der Waals surface area contributed by atoms with E-state index in [0.717, 1.165) is 57.8 Å². The van der Waals surface area contributed by atoms with Crippen LogP contribution in [0.25, 0.3) is 0 Å². The van der Waals surface area contributed by atoms with Gasteiger partial charge in [0.2, 0.25) is 5.91 Å². The summed E-state index contributed by atoms with van der Waals surface area (Å²) in [6.07, 6.45) is 2.55. The second kappa shape index (κ2) is 7.88. The van der Waals surface area contributed by atoms with Crippen molar-refractivity contribution in [1.82, 2.24) is 9.80 Å². The van der Waals surface area contributed by atoms with Crippen LogP contribution in [0.5, 0.6) is 0 Å². The Labute approximate surface area is 137 Å². The third-order valence-electron chi connectivity index (χ3n) is 4.78. The molecule has 0 spiro atoms. The molecule has 1 aromatic carbocycles. The first-order chi connectivity index (χ1) is 11.2. The molecule has 4 nitrogen and oxygen atoms in total. The normalized spacial score (nSPS) is 23.0. The standard InChI is InChI=1S/C18H25FN2O2/c19-17-5-2-1-4-16(17)13-20-7-3-8-21(10-9-20)18(22)12-15-6-11-23-14-15/h1-2,4-5,15H,3,6-14H2/t15-/m0/s1. The number of amides is 1. The third-order valence-corrected chi connectivity index (χ3v) is 4.78. The van der Waals surface area contributed by atoms with Gasteiger partial charge in [-0.25, -0.2) is 4.39 Å². The molecule has 0 aromatic heterocycles. The van der Waals surface area contributed by atoms with Gasteiger partial charge < -0.3 is 9.64 Å². The minimum Gasteiger partial charge on any atom is -0.381 e. The quantitative estimate of drug-likeness (QED) is 0.853. The average molecular weight is 320 g/mol. The van der Waals surface area contributed by atoms with Crippen LogP contribution in [0.1, 0.15) is 24.8 Å². The second-order valence-corrected chi connectivity index (χ2v) is 6.54. The molecular weight excluding hydrogens is 295 g/mol. The second-order valence-electron chi connectivity index (χ2n) is 6.54. The molecule has 0 bridgehead atoms. The van der Waals surface area contributed by atoms with E-state index < -0.39 is 0 Å². The average Bonchev–Trinajstić information content (AvgIpc) is 2.94. The van der Waals surface area contributed by atoms with Crippen molar-refractivity contribution in [3.05, 3.63) is 35.6 Å². The summed E-state index contributed by atoms with van der Waals surface area (Å²) in [5.74, 6) is 0.486. The lowest BCUT2D eigenvalue weighted by Crippen LogP contribution is -2.36. The molecule has 1 amide bonds. The van der Waals surface area contributed by atoms with Crippen molar-refractivity contribution >= 4 is 5.91 Å². The first-order valence-corrected chi connectivity index (χ1v) is 8.53. The van der Waals surface area contributed by atoms with Crippen molar-refractivity contribution in [2.24, 2.45) is 5.92 Å². The maximum absolute atomic E-state index is 13.8. The minimum absolute atomic E-state index is 0.147. The lowest BCUT2D eigenvalue weighted by atomic mass is 10.0. The van der Waals surface area contributed by atoms with Gasteiger partial charge >= 0.3 is 0 Å². The number of benzene rings is 1. The van der Waals surface area contributed by atoms with E-state index in [1.165, 1.54) is 6.07 Å². The van der Waals surface area contributed by atoms with Gasteiger partial charge in [-0.3, -0.25) is 9.69 Å². The Morgan fingerprint density at radius 1 is 1.22 bits per heavy atom. The van der Waals surface area contributed by atoms with Crippen LogP contribution in [0.4, 0.5) is 4.39 Å². The van der Waals surface area contributed by atoms with Crippen molar-refractivity contribution in [2.75, 3.05) is 39.4 Å². The predicted octanol–water partition coefficient (Wildman–Crippen LogP) is 2.29. The van der Waals surface area contributed by atoms with Gasteiger partial charge in [0.25, 0.3) is 0 Å². The molecule has 0 unspecified atom stereocenters. The molecule has 3 rings (SSSR count). The van der Waals surface area contributed by atoms with Gasteiger partial charge in [0.15, 0.2) is 0 Å². The summed E-state index contributed by atoms with van der Waals surface area (Å²) in [4.78, 5) is 16.6. The Balaban J connectivity index is 1.50. The molecule has 2 aliphatic rings. The number of ether oxygens (including phenoxy) is 1. The Hall–Kier alpha value is -1.46. The van der Waals surface area contributed by atoms with E-state index in [-0.39, 0.29) is 11.7 Å². The van der Waals surface area contributed by atoms with Gasteiger partial charge in [-0.05, 0) is 24.8 Å². The van der Waals surface area contributed by atoms with Crippen LogP contribution in [0.15, 0.2) is 24.3 Å². The molecule has 2 saturated heterocycles. The number of rotatable bonds is 4. The number of hydrogen-bond donors (Lipinski definition) is 0. The number of hydrogen-bond acceptors (Lipinski definition) is 3. The fourth-order valence-corrected chi connectivity index (χ4v) is 3.37. The minimum atomic E-state index is -0.147. The van der Waals surface area contributed by atoms with Crippen molar-refractivity contribution in [1.29, 1.82) is 0 Å². The maximum Gasteiger partial charge on any atom is 0.222 e. The van der Waals surface area contributed by atoms with Crippen molar-refractivity contribution < 1.29 is 13.9 Å². The van der Waals surface area contributed by atoms with Gasteiger partial charge in [0.05, 0.1) is 0 Å². The molecule has 2 aliphatic heterocycles. The molecular formula is C18H25FN2O2. The van der Waals surface area contributed by atoms with Gasteiger partial charge in [0, 0.05) is 57.9 Å². The Morgan fingerprint density at radius 3 is 2.87 bits per heavy atom. The van der Waals surface area contributed by atoms with Crippen LogP contribution in [0, 0.1) is 11.7 Å². The Bertz CT molecular complexity index is 532. The summed E-state index contributed by atoms with van der Waals surface area (Å²) in [5.41, 5.74) is 0.732. The first-order valence-electron chi connectivity index (χ1n) is 8.53. The van der Waals surface area contributed by atoms with Gasteiger partial charge in [-0.15, -0.1) is 0 Å². The summed E-state index contributed by atoms with van der Waals surface area (Å²) in [7, 11) is 0. The summed E-state index contributed by atoms with van der Waals surface area (Å²) in [5, 5.41) is 0. The first kappa shape index (κ1) is 16.4. The van der Waals surface area contributed by atoms with Crippen LogP contribution in [-0.2, 0) is 16.1 Å². The summed E-state index contributed by atoms with van der Waals surface area (Å²) in [6, 6.07) is 6.93. The Morgan fingerprint density at radius 2 is 2.09 bits per heavy atom. The van der Waals surface area contributed by atoms with Crippen molar-refractivity contribution in [3.8, 4) is 0 Å². The highest BCUT2D eigenvalue weighted by molar-refractivity contribution is 5.76. The number of nitrogens with zero attached hydrogens (tertiary/aromatic N) is 2. The molecule has 1 atom stereocenters. The van der Waals surface area contributed by atoms with Gasteiger partial charge in [0.1, 0.15) is 5.82 Å². The zero-order chi connectivity index (χ0) is 16.1. The fourth-order valence-electron chi connectivity index (χ4n) is 3.37. The number of halogens is 1. The molecule has 0 radical (unpaired) electrons. The van der Waals surface area contributed by atoms with Crippen LogP contribution in [0.3, 0.4) is 0 Å². The Kier molecular flexibility index (Phi) is 5.62. The third kappa shape index (κ3) is 4.52. The lowest BCUT2D eigenvalue weighted by Gasteiger charge is -2.23. The zero-order valence-electron chi connectivity index (χ0n) is 13.5. The van der Waals surface area contributed by atoms with E-state index in [9.17, 15) is 9.18 Å². The molecule has 0 saturated carbocycles. The highest BCUT2D eigenvalue weighted by Crippen LogP contribution is 2.18. The van der Waals surface area contributed by atoms with Crippen LogP contribution >= 0.6 is 0 Å². The topological polar surface area (TPSA) is 32.8 Å². The molecule has 2 fully saturated rings. The van der Waals surface area contributed by atoms with E-state index in [2.05, 4.69) is 4.90 Å². The summed E-state index contributed by atoms with van der Waals surface area (Å²) >= 11 is 0.